The van der Waals surface area contributed by atoms with E-state index in [1.807, 2.05) is 0 Å². The number of carbonyl (C=O) groups excluding carboxylic acids is 3. The second kappa shape index (κ2) is 8.07. The molecule has 124 valence electrons. The van der Waals surface area contributed by atoms with Crippen LogP contribution >= 0.6 is 11.6 Å². The van der Waals surface area contributed by atoms with Crippen LogP contribution in [0.25, 0.3) is 0 Å². The Morgan fingerprint density at radius 3 is 2.46 bits per heavy atom. The van der Waals surface area contributed by atoms with Gasteiger partial charge in [0.15, 0.2) is 6.61 Å². The van der Waals surface area contributed by atoms with E-state index in [2.05, 4.69) is 10.3 Å². The lowest BCUT2D eigenvalue weighted by Gasteiger charge is -2.06. The van der Waals surface area contributed by atoms with Crippen molar-refractivity contribution in [1.82, 2.24) is 10.3 Å². The van der Waals surface area contributed by atoms with Gasteiger partial charge in [-0.25, -0.2) is 9.78 Å². The second-order valence-corrected chi connectivity index (χ2v) is 4.94. The fraction of sp³-hybridized carbons (Fsp3) is 0.125. The van der Waals surface area contributed by atoms with Crippen LogP contribution < -0.4 is 10.1 Å². The van der Waals surface area contributed by atoms with Crippen molar-refractivity contribution in [2.24, 2.45) is 0 Å². The summed E-state index contributed by atoms with van der Waals surface area (Å²) in [7, 11) is 1.50. The van der Waals surface area contributed by atoms with Crippen LogP contribution in [0.4, 0.5) is 0 Å². The van der Waals surface area contributed by atoms with Crippen molar-refractivity contribution in [2.75, 3.05) is 13.7 Å². The number of benzene rings is 1. The van der Waals surface area contributed by atoms with Gasteiger partial charge in [-0.2, -0.15) is 0 Å². The summed E-state index contributed by atoms with van der Waals surface area (Å²) in [6.07, 6.45) is 1.34. The maximum absolute atomic E-state index is 11.9. The van der Waals surface area contributed by atoms with Crippen molar-refractivity contribution < 1.29 is 23.9 Å². The fourth-order valence-corrected chi connectivity index (χ4v) is 1.90. The minimum atomic E-state index is -0.746. The molecular weight excluding hydrogens is 336 g/mol. The zero-order chi connectivity index (χ0) is 17.5. The molecule has 0 aliphatic heterocycles. The minimum Gasteiger partial charge on any atom is -0.497 e. The second-order valence-electron chi connectivity index (χ2n) is 4.55. The number of pyridine rings is 1. The van der Waals surface area contributed by atoms with Crippen LogP contribution in [-0.4, -0.2) is 36.5 Å². The number of esters is 1. The molecule has 0 unspecified atom stereocenters. The van der Waals surface area contributed by atoms with Crippen molar-refractivity contribution in [1.29, 1.82) is 0 Å². The number of aromatic nitrogens is 1. The van der Waals surface area contributed by atoms with E-state index in [0.717, 1.165) is 0 Å². The van der Waals surface area contributed by atoms with Crippen LogP contribution in [0, 0.1) is 0 Å². The third-order valence-electron chi connectivity index (χ3n) is 2.90. The molecule has 0 aliphatic rings. The Labute approximate surface area is 142 Å². The van der Waals surface area contributed by atoms with Crippen molar-refractivity contribution in [3.63, 3.8) is 0 Å². The zero-order valence-electron chi connectivity index (χ0n) is 12.6. The molecule has 1 aromatic heterocycles. The molecule has 0 bridgehead atoms. The van der Waals surface area contributed by atoms with E-state index in [0.29, 0.717) is 5.75 Å². The number of rotatable bonds is 5. The molecule has 1 heterocycles. The Morgan fingerprint density at radius 1 is 1.12 bits per heavy atom. The molecule has 2 aromatic rings. The van der Waals surface area contributed by atoms with E-state index >= 15 is 0 Å². The van der Waals surface area contributed by atoms with Crippen LogP contribution in [0.1, 0.15) is 20.7 Å². The Balaban J connectivity index is 1.86. The fourth-order valence-electron chi connectivity index (χ4n) is 1.72. The van der Waals surface area contributed by atoms with Gasteiger partial charge in [-0.3, -0.25) is 14.9 Å². The van der Waals surface area contributed by atoms with Gasteiger partial charge in [0.25, 0.3) is 11.8 Å². The molecular formula is C16H13ClN2O5. The first-order valence-electron chi connectivity index (χ1n) is 6.76. The van der Waals surface area contributed by atoms with E-state index in [1.165, 1.54) is 37.6 Å². The maximum atomic E-state index is 11.9. The summed E-state index contributed by atoms with van der Waals surface area (Å²) in [4.78, 5) is 39.0. The third-order valence-corrected chi connectivity index (χ3v) is 3.11. The molecule has 0 saturated carbocycles. The molecule has 0 saturated heterocycles. The zero-order valence-corrected chi connectivity index (χ0v) is 13.4. The van der Waals surface area contributed by atoms with Gasteiger partial charge in [0, 0.05) is 11.8 Å². The van der Waals surface area contributed by atoms with E-state index in [1.54, 1.807) is 12.1 Å². The lowest BCUT2D eigenvalue weighted by Crippen LogP contribution is -2.34. The molecule has 2 amide bonds. The summed E-state index contributed by atoms with van der Waals surface area (Å²) in [5.41, 5.74) is 0.431. The monoisotopic (exact) mass is 348 g/mol. The molecule has 7 nitrogen and oxygen atoms in total. The van der Waals surface area contributed by atoms with E-state index < -0.39 is 24.4 Å². The van der Waals surface area contributed by atoms with Crippen molar-refractivity contribution in [3.05, 3.63) is 58.9 Å². The normalized spacial score (nSPS) is 9.92. The predicted molar refractivity (Wildman–Crippen MR) is 85.0 cm³/mol. The number of amides is 2. The number of halogens is 1. The number of nitrogens with zero attached hydrogens (tertiary/aromatic N) is 1. The number of hydrogen-bond donors (Lipinski definition) is 1. The number of imide groups is 1. The number of hydrogen-bond acceptors (Lipinski definition) is 6. The average molecular weight is 349 g/mol. The van der Waals surface area contributed by atoms with Gasteiger partial charge < -0.3 is 9.47 Å². The Hall–Kier alpha value is -2.93. The smallest absolute Gasteiger partial charge is 0.338 e. The molecule has 24 heavy (non-hydrogen) atoms. The van der Waals surface area contributed by atoms with Gasteiger partial charge in [0.2, 0.25) is 0 Å². The maximum Gasteiger partial charge on any atom is 0.338 e. The van der Waals surface area contributed by atoms with E-state index in [-0.39, 0.29) is 16.3 Å². The van der Waals surface area contributed by atoms with Gasteiger partial charge in [-0.05, 0) is 36.4 Å². The third kappa shape index (κ3) is 4.79. The molecule has 0 aliphatic carbocycles. The highest BCUT2D eigenvalue weighted by molar-refractivity contribution is 6.29. The average Bonchev–Trinajstić information content (AvgIpc) is 2.59. The van der Waals surface area contributed by atoms with Crippen LogP contribution in [0.3, 0.4) is 0 Å². The Morgan fingerprint density at radius 2 is 1.83 bits per heavy atom. The lowest BCUT2D eigenvalue weighted by molar-refractivity contribution is -0.123. The summed E-state index contributed by atoms with van der Waals surface area (Å²) in [5.74, 6) is -1.51. The summed E-state index contributed by atoms with van der Waals surface area (Å²) < 4.78 is 9.78. The summed E-state index contributed by atoms with van der Waals surface area (Å²) in [6, 6.07) is 8.90. The van der Waals surface area contributed by atoms with Crippen LogP contribution in [0.15, 0.2) is 42.6 Å². The molecule has 0 spiro atoms. The molecule has 0 radical (unpaired) electrons. The molecule has 8 heteroatoms. The first kappa shape index (κ1) is 17.4. The van der Waals surface area contributed by atoms with Crippen LogP contribution in [-0.2, 0) is 9.53 Å². The first-order valence-corrected chi connectivity index (χ1v) is 7.14. The highest BCUT2D eigenvalue weighted by Crippen LogP contribution is 2.11. The van der Waals surface area contributed by atoms with E-state index in [9.17, 15) is 14.4 Å². The largest absolute Gasteiger partial charge is 0.497 e. The quantitative estimate of drug-likeness (QED) is 0.654. The minimum absolute atomic E-state index is 0.128. The standard InChI is InChI=1S/C16H13ClN2O5/c1-23-12-4-2-10(3-5-12)15(21)19-14(20)9-24-16(22)11-6-7-18-13(17)8-11/h2-8H,9H2,1H3,(H,19,20,21). The molecule has 2 rings (SSSR count). The highest BCUT2D eigenvalue weighted by atomic mass is 35.5. The number of ether oxygens (including phenoxy) is 2. The summed E-state index contributed by atoms with van der Waals surface area (Å²) in [5, 5.41) is 2.25. The SMILES string of the molecule is COc1ccc(C(=O)NC(=O)COC(=O)c2ccnc(Cl)c2)cc1. The van der Waals surface area contributed by atoms with Gasteiger partial charge in [-0.15, -0.1) is 0 Å². The molecule has 0 atom stereocenters. The van der Waals surface area contributed by atoms with Crippen LogP contribution in [0.2, 0.25) is 5.15 Å². The first-order chi connectivity index (χ1) is 11.5. The molecule has 0 fully saturated rings. The lowest BCUT2D eigenvalue weighted by atomic mass is 10.2. The van der Waals surface area contributed by atoms with Crippen molar-refractivity contribution >= 4 is 29.4 Å². The summed E-state index contributed by atoms with van der Waals surface area (Å²) in [6.45, 7) is -0.597. The number of carbonyl (C=O) groups is 3. The van der Waals surface area contributed by atoms with Gasteiger partial charge in [-0.1, -0.05) is 11.6 Å². The predicted octanol–water partition coefficient (Wildman–Crippen LogP) is 1.86. The van der Waals surface area contributed by atoms with Crippen molar-refractivity contribution in [3.8, 4) is 5.75 Å². The van der Waals surface area contributed by atoms with Gasteiger partial charge in [0.05, 0.1) is 12.7 Å². The van der Waals surface area contributed by atoms with Crippen molar-refractivity contribution in [2.45, 2.75) is 0 Å². The highest BCUT2D eigenvalue weighted by Gasteiger charge is 2.14. The Bertz CT molecular complexity index is 761. The molecule has 1 N–H and O–H groups in total. The van der Waals surface area contributed by atoms with E-state index in [4.69, 9.17) is 21.1 Å². The number of nitrogens with one attached hydrogen (secondary N) is 1. The number of methoxy groups -OCH3 is 1. The Kier molecular flexibility index (Phi) is 5.86. The molecule has 1 aromatic carbocycles. The summed E-state index contributed by atoms with van der Waals surface area (Å²) >= 11 is 5.66. The van der Waals surface area contributed by atoms with Gasteiger partial charge in [0.1, 0.15) is 10.9 Å². The van der Waals surface area contributed by atoms with Crippen LogP contribution in [0.5, 0.6) is 5.75 Å². The van der Waals surface area contributed by atoms with Gasteiger partial charge >= 0.3 is 5.97 Å². The topological polar surface area (TPSA) is 94.6 Å².